The molecule has 0 aliphatic carbocycles. The number of aliphatic hydroxyl groups is 1. The third kappa shape index (κ3) is 2.19. The average molecular weight is 228 g/mol. The Labute approximate surface area is 94.2 Å². The summed E-state index contributed by atoms with van der Waals surface area (Å²) in [6.45, 7) is 3.76. The van der Waals surface area contributed by atoms with Gasteiger partial charge in [-0.25, -0.2) is 0 Å². The van der Waals surface area contributed by atoms with Gasteiger partial charge in [-0.15, -0.1) is 0 Å². The Morgan fingerprint density at radius 2 is 2.40 bits per heavy atom. The molecule has 0 amide bonds. The third-order valence-electron chi connectivity index (χ3n) is 2.37. The number of rotatable bonds is 2. The highest BCUT2D eigenvalue weighted by atomic mass is 35.5. The molecule has 82 valence electrons. The van der Waals surface area contributed by atoms with Gasteiger partial charge in [0, 0.05) is 6.54 Å². The summed E-state index contributed by atoms with van der Waals surface area (Å²) in [5.74, 6) is 0.800. The maximum Gasteiger partial charge on any atom is 0.144 e. The van der Waals surface area contributed by atoms with Crippen molar-refractivity contribution >= 4 is 17.3 Å². The predicted molar refractivity (Wildman–Crippen MR) is 60.8 cm³/mol. The SMILES string of the molecule is CC(O)CN1CCOc2cccc(Cl)c21. The van der Waals surface area contributed by atoms with E-state index in [1.165, 1.54) is 0 Å². The number of nitrogens with zero attached hydrogens (tertiary/aromatic N) is 1. The Morgan fingerprint density at radius 3 is 3.13 bits per heavy atom. The molecule has 1 N–H and O–H groups in total. The zero-order valence-electron chi connectivity index (χ0n) is 8.61. The molecule has 1 heterocycles. The maximum absolute atomic E-state index is 9.40. The number of β-amino-alcohol motifs (C(OH)–C–C–N with tert-alkyl or cyclic N) is 1. The topological polar surface area (TPSA) is 32.7 Å². The number of anilines is 1. The molecule has 1 aromatic rings. The highest BCUT2D eigenvalue weighted by Gasteiger charge is 2.21. The molecule has 1 aliphatic rings. The van der Waals surface area contributed by atoms with Gasteiger partial charge < -0.3 is 14.7 Å². The van der Waals surface area contributed by atoms with Crippen molar-refractivity contribution in [1.29, 1.82) is 0 Å². The van der Waals surface area contributed by atoms with E-state index >= 15 is 0 Å². The first-order valence-electron chi connectivity index (χ1n) is 5.03. The fraction of sp³-hybridized carbons (Fsp3) is 0.455. The van der Waals surface area contributed by atoms with E-state index in [2.05, 4.69) is 4.90 Å². The summed E-state index contributed by atoms with van der Waals surface area (Å²) in [4.78, 5) is 2.06. The molecule has 1 aromatic carbocycles. The van der Waals surface area contributed by atoms with E-state index in [0.29, 0.717) is 18.2 Å². The molecule has 0 radical (unpaired) electrons. The van der Waals surface area contributed by atoms with E-state index < -0.39 is 0 Å². The number of benzene rings is 1. The summed E-state index contributed by atoms with van der Waals surface area (Å²) >= 11 is 6.12. The fourth-order valence-electron chi connectivity index (χ4n) is 1.80. The molecule has 0 spiro atoms. The minimum Gasteiger partial charge on any atom is -0.490 e. The summed E-state index contributed by atoms with van der Waals surface area (Å²) in [7, 11) is 0. The molecule has 0 bridgehead atoms. The van der Waals surface area contributed by atoms with Crippen LogP contribution in [0.2, 0.25) is 5.02 Å². The molecule has 0 aromatic heterocycles. The maximum atomic E-state index is 9.40. The minimum atomic E-state index is -0.368. The first-order chi connectivity index (χ1) is 7.18. The Morgan fingerprint density at radius 1 is 1.60 bits per heavy atom. The van der Waals surface area contributed by atoms with Crippen molar-refractivity contribution in [1.82, 2.24) is 0 Å². The van der Waals surface area contributed by atoms with Crippen LogP contribution in [0.3, 0.4) is 0 Å². The molecular formula is C11H14ClNO2. The molecule has 1 aliphatic heterocycles. The van der Waals surface area contributed by atoms with Crippen molar-refractivity contribution in [3.8, 4) is 5.75 Å². The fourth-order valence-corrected chi connectivity index (χ4v) is 2.08. The monoisotopic (exact) mass is 227 g/mol. The number of aliphatic hydroxyl groups excluding tert-OH is 1. The lowest BCUT2D eigenvalue weighted by molar-refractivity contribution is 0.194. The average Bonchev–Trinajstić information content (AvgIpc) is 2.17. The Hall–Kier alpha value is -0.930. The van der Waals surface area contributed by atoms with Crippen molar-refractivity contribution in [2.24, 2.45) is 0 Å². The van der Waals surface area contributed by atoms with E-state index in [0.717, 1.165) is 18.0 Å². The molecule has 4 heteroatoms. The Kier molecular flexibility index (Phi) is 3.03. The summed E-state index contributed by atoms with van der Waals surface area (Å²) in [5, 5.41) is 10.1. The van der Waals surface area contributed by atoms with Gasteiger partial charge in [0.05, 0.1) is 23.4 Å². The molecule has 15 heavy (non-hydrogen) atoms. The van der Waals surface area contributed by atoms with Gasteiger partial charge >= 0.3 is 0 Å². The number of fused-ring (bicyclic) bond motifs is 1. The first kappa shape index (κ1) is 10.6. The molecule has 2 rings (SSSR count). The van der Waals surface area contributed by atoms with Crippen molar-refractivity contribution in [2.75, 3.05) is 24.6 Å². The van der Waals surface area contributed by atoms with Gasteiger partial charge in [-0.2, -0.15) is 0 Å². The molecule has 0 saturated heterocycles. The summed E-state index contributed by atoms with van der Waals surface area (Å²) < 4.78 is 5.51. The summed E-state index contributed by atoms with van der Waals surface area (Å²) in [6, 6.07) is 5.60. The first-order valence-corrected chi connectivity index (χ1v) is 5.40. The van der Waals surface area contributed by atoms with Crippen LogP contribution in [-0.4, -0.2) is 30.9 Å². The second kappa shape index (κ2) is 4.29. The normalized spacial score (nSPS) is 16.9. The van der Waals surface area contributed by atoms with Crippen molar-refractivity contribution in [3.05, 3.63) is 23.2 Å². The van der Waals surface area contributed by atoms with Crippen molar-refractivity contribution < 1.29 is 9.84 Å². The highest BCUT2D eigenvalue weighted by molar-refractivity contribution is 6.33. The summed E-state index contributed by atoms with van der Waals surface area (Å²) in [5.41, 5.74) is 0.895. The predicted octanol–water partition coefficient (Wildman–Crippen LogP) is 1.92. The zero-order valence-corrected chi connectivity index (χ0v) is 9.37. The van der Waals surface area contributed by atoms with Crippen molar-refractivity contribution in [3.63, 3.8) is 0 Å². The lowest BCUT2D eigenvalue weighted by atomic mass is 10.2. The van der Waals surface area contributed by atoms with Crippen molar-refractivity contribution in [2.45, 2.75) is 13.0 Å². The standard InChI is InChI=1S/C11H14ClNO2/c1-8(14)7-13-5-6-15-10-4-2-3-9(12)11(10)13/h2-4,8,14H,5-7H2,1H3. The lowest BCUT2D eigenvalue weighted by Crippen LogP contribution is -2.37. The molecule has 1 unspecified atom stereocenters. The van der Waals surface area contributed by atoms with Crippen LogP contribution < -0.4 is 9.64 Å². The Bertz CT molecular complexity index is 354. The van der Waals surface area contributed by atoms with Gasteiger partial charge in [-0.3, -0.25) is 0 Å². The second-order valence-electron chi connectivity index (χ2n) is 3.73. The van der Waals surface area contributed by atoms with Crippen LogP contribution in [0.4, 0.5) is 5.69 Å². The van der Waals surface area contributed by atoms with Gasteiger partial charge in [-0.1, -0.05) is 17.7 Å². The van der Waals surface area contributed by atoms with Crippen LogP contribution in [0.5, 0.6) is 5.75 Å². The van der Waals surface area contributed by atoms with Crippen LogP contribution in [0.1, 0.15) is 6.92 Å². The molecule has 0 fully saturated rings. The third-order valence-corrected chi connectivity index (χ3v) is 2.67. The highest BCUT2D eigenvalue weighted by Crippen LogP contribution is 2.37. The lowest BCUT2D eigenvalue weighted by Gasteiger charge is -2.32. The van der Waals surface area contributed by atoms with Crippen LogP contribution in [0, 0.1) is 0 Å². The van der Waals surface area contributed by atoms with E-state index in [9.17, 15) is 5.11 Å². The minimum absolute atomic E-state index is 0.368. The van der Waals surface area contributed by atoms with Gasteiger partial charge in [0.15, 0.2) is 0 Å². The van der Waals surface area contributed by atoms with Gasteiger partial charge in [-0.05, 0) is 19.1 Å². The van der Waals surface area contributed by atoms with E-state index in [-0.39, 0.29) is 6.10 Å². The number of hydrogen-bond acceptors (Lipinski definition) is 3. The molecule has 1 atom stereocenters. The van der Waals surface area contributed by atoms with Gasteiger partial charge in [0.25, 0.3) is 0 Å². The number of para-hydroxylation sites is 1. The quantitative estimate of drug-likeness (QED) is 0.838. The number of ether oxygens (including phenoxy) is 1. The molecule has 3 nitrogen and oxygen atoms in total. The molecular weight excluding hydrogens is 214 g/mol. The summed E-state index contributed by atoms with van der Waals surface area (Å²) in [6.07, 6.45) is -0.368. The van der Waals surface area contributed by atoms with Crippen LogP contribution in [0.15, 0.2) is 18.2 Å². The van der Waals surface area contributed by atoms with E-state index in [1.54, 1.807) is 6.92 Å². The Balaban J connectivity index is 2.32. The second-order valence-corrected chi connectivity index (χ2v) is 4.14. The van der Waals surface area contributed by atoms with E-state index in [4.69, 9.17) is 16.3 Å². The molecule has 0 saturated carbocycles. The van der Waals surface area contributed by atoms with Crippen LogP contribution >= 0.6 is 11.6 Å². The number of halogens is 1. The zero-order chi connectivity index (χ0) is 10.8. The van der Waals surface area contributed by atoms with Gasteiger partial charge in [0.2, 0.25) is 0 Å². The van der Waals surface area contributed by atoms with Crippen LogP contribution in [-0.2, 0) is 0 Å². The van der Waals surface area contributed by atoms with Crippen LogP contribution in [0.25, 0.3) is 0 Å². The smallest absolute Gasteiger partial charge is 0.144 e. The largest absolute Gasteiger partial charge is 0.490 e. The number of hydrogen-bond donors (Lipinski definition) is 1. The van der Waals surface area contributed by atoms with Gasteiger partial charge in [0.1, 0.15) is 12.4 Å². The van der Waals surface area contributed by atoms with E-state index in [1.807, 2.05) is 18.2 Å².